The third-order valence-corrected chi connectivity index (χ3v) is 2.46. The van der Waals surface area contributed by atoms with Crippen molar-refractivity contribution in [1.82, 2.24) is 0 Å². The molecular formula is C12H16FNO2. The zero-order valence-electron chi connectivity index (χ0n) is 9.40. The molecule has 1 unspecified atom stereocenters. The Morgan fingerprint density at radius 1 is 1.50 bits per heavy atom. The van der Waals surface area contributed by atoms with E-state index in [4.69, 9.17) is 10.8 Å². The molecule has 0 heterocycles. The molecule has 0 aliphatic heterocycles. The van der Waals surface area contributed by atoms with Crippen LogP contribution in [-0.2, 0) is 11.2 Å². The van der Waals surface area contributed by atoms with Gasteiger partial charge in [0.25, 0.3) is 0 Å². The fraction of sp³-hybridized carbons (Fsp3) is 0.417. The maximum Gasteiger partial charge on any atom is 0.320 e. The molecule has 0 spiro atoms. The molecule has 0 radical (unpaired) electrons. The number of hydrogen-bond acceptors (Lipinski definition) is 2. The zero-order chi connectivity index (χ0) is 12.3. The molecule has 1 atom stereocenters. The van der Waals surface area contributed by atoms with E-state index in [-0.39, 0.29) is 18.2 Å². The highest BCUT2D eigenvalue weighted by Crippen LogP contribution is 2.19. The van der Waals surface area contributed by atoms with Crippen LogP contribution in [0.4, 0.5) is 4.39 Å². The molecule has 0 aliphatic carbocycles. The van der Waals surface area contributed by atoms with Crippen molar-refractivity contribution >= 4 is 5.97 Å². The fourth-order valence-corrected chi connectivity index (χ4v) is 1.51. The molecule has 0 aliphatic rings. The quantitative estimate of drug-likeness (QED) is 0.822. The van der Waals surface area contributed by atoms with Crippen LogP contribution in [0, 0.1) is 5.82 Å². The third kappa shape index (κ3) is 3.03. The van der Waals surface area contributed by atoms with E-state index in [1.165, 1.54) is 6.07 Å². The van der Waals surface area contributed by atoms with Crippen molar-refractivity contribution in [2.75, 3.05) is 0 Å². The van der Waals surface area contributed by atoms with Crippen LogP contribution in [0.15, 0.2) is 18.2 Å². The lowest BCUT2D eigenvalue weighted by atomic mass is 9.98. The highest BCUT2D eigenvalue weighted by Gasteiger charge is 2.14. The second-order valence-corrected chi connectivity index (χ2v) is 4.16. The van der Waals surface area contributed by atoms with Crippen LogP contribution in [0.1, 0.15) is 30.9 Å². The molecule has 1 aromatic carbocycles. The number of hydrogen-bond donors (Lipinski definition) is 2. The predicted molar refractivity (Wildman–Crippen MR) is 59.8 cm³/mol. The first-order valence-corrected chi connectivity index (χ1v) is 5.18. The van der Waals surface area contributed by atoms with Gasteiger partial charge in [-0.15, -0.1) is 0 Å². The van der Waals surface area contributed by atoms with Gasteiger partial charge < -0.3 is 10.8 Å². The lowest BCUT2D eigenvalue weighted by Crippen LogP contribution is -2.32. The molecule has 88 valence electrons. The summed E-state index contributed by atoms with van der Waals surface area (Å²) in [7, 11) is 0. The van der Waals surface area contributed by atoms with Gasteiger partial charge in [-0.3, -0.25) is 4.79 Å². The number of carboxylic acids is 1. The van der Waals surface area contributed by atoms with E-state index in [1.54, 1.807) is 12.1 Å². The van der Waals surface area contributed by atoms with Crippen molar-refractivity contribution < 1.29 is 14.3 Å². The number of nitrogens with two attached hydrogens (primary N) is 1. The molecular weight excluding hydrogens is 209 g/mol. The van der Waals surface area contributed by atoms with Crippen LogP contribution in [-0.4, -0.2) is 17.1 Å². The zero-order valence-corrected chi connectivity index (χ0v) is 9.40. The number of aliphatic carboxylic acids is 1. The minimum atomic E-state index is -1.08. The van der Waals surface area contributed by atoms with E-state index in [0.29, 0.717) is 11.1 Å². The van der Waals surface area contributed by atoms with Gasteiger partial charge in [-0.1, -0.05) is 26.0 Å². The summed E-state index contributed by atoms with van der Waals surface area (Å²) in [5, 5.41) is 8.64. The van der Waals surface area contributed by atoms with Gasteiger partial charge >= 0.3 is 5.97 Å². The molecule has 0 amide bonds. The largest absolute Gasteiger partial charge is 0.480 e. The van der Waals surface area contributed by atoms with Crippen molar-refractivity contribution in [3.8, 4) is 0 Å². The van der Waals surface area contributed by atoms with Gasteiger partial charge in [-0.05, 0) is 29.5 Å². The average molecular weight is 225 g/mol. The number of carbonyl (C=O) groups is 1. The third-order valence-electron chi connectivity index (χ3n) is 2.46. The lowest BCUT2D eigenvalue weighted by molar-refractivity contribution is -0.138. The van der Waals surface area contributed by atoms with Crippen molar-refractivity contribution in [3.05, 3.63) is 35.1 Å². The van der Waals surface area contributed by atoms with Crippen LogP contribution in [0.5, 0.6) is 0 Å². The maximum atomic E-state index is 13.6. The Kier molecular flexibility index (Phi) is 4.01. The highest BCUT2D eigenvalue weighted by molar-refractivity contribution is 5.73. The molecule has 0 fully saturated rings. The second-order valence-electron chi connectivity index (χ2n) is 4.16. The standard InChI is InChI=1S/C12H16FNO2/c1-7(2)9-4-3-8(5-10(9)13)6-11(14)12(15)16/h3-5,7,11H,6,14H2,1-2H3,(H,15,16). The van der Waals surface area contributed by atoms with Gasteiger partial charge in [0.05, 0.1) is 0 Å². The van der Waals surface area contributed by atoms with Gasteiger partial charge in [-0.2, -0.15) is 0 Å². The highest BCUT2D eigenvalue weighted by atomic mass is 19.1. The summed E-state index contributed by atoms with van der Waals surface area (Å²) < 4.78 is 13.6. The topological polar surface area (TPSA) is 63.3 Å². The Morgan fingerprint density at radius 3 is 2.56 bits per heavy atom. The summed E-state index contributed by atoms with van der Waals surface area (Å²) in [6, 6.07) is 3.78. The summed E-state index contributed by atoms with van der Waals surface area (Å²) in [6.45, 7) is 3.81. The fourth-order valence-electron chi connectivity index (χ4n) is 1.51. The molecule has 0 aromatic heterocycles. The van der Waals surface area contributed by atoms with Gasteiger partial charge in [0.2, 0.25) is 0 Å². The SMILES string of the molecule is CC(C)c1ccc(CC(N)C(=O)O)cc1F. The number of rotatable bonds is 4. The first-order valence-electron chi connectivity index (χ1n) is 5.18. The van der Waals surface area contributed by atoms with Crippen LogP contribution in [0.2, 0.25) is 0 Å². The van der Waals surface area contributed by atoms with E-state index >= 15 is 0 Å². The predicted octanol–water partition coefficient (Wildman–Crippen LogP) is 1.90. The molecule has 1 rings (SSSR count). The van der Waals surface area contributed by atoms with Gasteiger partial charge in [0.1, 0.15) is 11.9 Å². The number of halogens is 1. The van der Waals surface area contributed by atoms with Crippen molar-refractivity contribution in [1.29, 1.82) is 0 Å². The molecule has 0 saturated heterocycles. The van der Waals surface area contributed by atoms with Crippen LogP contribution in [0.25, 0.3) is 0 Å². The Labute approximate surface area is 94.1 Å². The van der Waals surface area contributed by atoms with Crippen LogP contribution in [0.3, 0.4) is 0 Å². The average Bonchev–Trinajstić information content (AvgIpc) is 2.16. The van der Waals surface area contributed by atoms with Gasteiger partial charge in [0, 0.05) is 0 Å². The Balaban J connectivity index is 2.85. The number of benzene rings is 1. The molecule has 16 heavy (non-hydrogen) atoms. The minimum absolute atomic E-state index is 0.113. The van der Waals surface area contributed by atoms with E-state index in [2.05, 4.69) is 0 Å². The summed E-state index contributed by atoms with van der Waals surface area (Å²) in [6.07, 6.45) is 0.143. The molecule has 3 N–H and O–H groups in total. The smallest absolute Gasteiger partial charge is 0.320 e. The number of carboxylic acid groups (broad SMARTS) is 1. The van der Waals surface area contributed by atoms with Crippen molar-refractivity contribution in [3.63, 3.8) is 0 Å². The second kappa shape index (κ2) is 5.07. The Hall–Kier alpha value is -1.42. The molecule has 0 saturated carbocycles. The minimum Gasteiger partial charge on any atom is -0.480 e. The monoisotopic (exact) mass is 225 g/mol. The summed E-state index contributed by atoms with van der Waals surface area (Å²) in [5.74, 6) is -1.26. The first kappa shape index (κ1) is 12.6. The van der Waals surface area contributed by atoms with Crippen LogP contribution >= 0.6 is 0 Å². The maximum absolute atomic E-state index is 13.6. The Morgan fingerprint density at radius 2 is 2.12 bits per heavy atom. The lowest BCUT2D eigenvalue weighted by Gasteiger charge is -2.10. The van der Waals surface area contributed by atoms with Crippen molar-refractivity contribution in [2.24, 2.45) is 5.73 Å². The van der Waals surface area contributed by atoms with E-state index in [9.17, 15) is 9.18 Å². The van der Waals surface area contributed by atoms with E-state index in [0.717, 1.165) is 0 Å². The molecule has 3 nitrogen and oxygen atoms in total. The molecule has 0 bridgehead atoms. The summed E-state index contributed by atoms with van der Waals surface area (Å²) >= 11 is 0. The summed E-state index contributed by atoms with van der Waals surface area (Å²) in [4.78, 5) is 10.5. The van der Waals surface area contributed by atoms with Gasteiger partial charge in [-0.25, -0.2) is 4.39 Å². The molecule has 1 aromatic rings. The summed E-state index contributed by atoms with van der Waals surface area (Å²) in [5.41, 5.74) is 6.61. The van der Waals surface area contributed by atoms with Crippen LogP contribution < -0.4 is 5.73 Å². The first-order chi connectivity index (χ1) is 7.41. The normalized spacial score (nSPS) is 12.8. The van der Waals surface area contributed by atoms with E-state index in [1.807, 2.05) is 13.8 Å². The van der Waals surface area contributed by atoms with E-state index < -0.39 is 12.0 Å². The van der Waals surface area contributed by atoms with Gasteiger partial charge in [0.15, 0.2) is 0 Å². The Bertz CT molecular complexity index is 391. The molecule has 4 heteroatoms. The van der Waals surface area contributed by atoms with Crippen molar-refractivity contribution in [2.45, 2.75) is 32.2 Å².